The molecule has 4 heterocycles. The molecule has 0 N–H and O–H groups in total. The Labute approximate surface area is 151 Å². The molecule has 0 aromatic carbocycles. The minimum Gasteiger partial charge on any atom is -0.457 e. The van der Waals surface area contributed by atoms with E-state index in [1.54, 1.807) is 23.6 Å². The number of nitrogens with zero attached hydrogens (tertiary/aromatic N) is 4. The van der Waals surface area contributed by atoms with Gasteiger partial charge in [-0.25, -0.2) is 9.78 Å². The average molecular weight is 380 g/mol. The van der Waals surface area contributed by atoms with Gasteiger partial charge in [-0.15, -0.1) is 11.8 Å². The first-order valence-corrected chi connectivity index (χ1v) is 9.67. The summed E-state index contributed by atoms with van der Waals surface area (Å²) >= 11 is 2.83. The molecule has 0 unspecified atom stereocenters. The molecule has 2 aliphatic rings. The second-order valence-corrected chi connectivity index (χ2v) is 8.84. The zero-order chi connectivity index (χ0) is 17.8. The fourth-order valence-corrected chi connectivity index (χ4v) is 5.52. The van der Waals surface area contributed by atoms with Crippen molar-refractivity contribution in [1.82, 2.24) is 19.5 Å². The molecule has 2 saturated heterocycles. The number of thioether (sulfide) groups is 1. The lowest BCUT2D eigenvalue weighted by atomic mass is 10.2. The number of hydrogen-bond donors (Lipinski definition) is 0. The Morgan fingerprint density at radius 2 is 2.28 bits per heavy atom. The second-order valence-electron chi connectivity index (χ2n) is 6.30. The molecule has 2 aromatic heterocycles. The molecule has 0 aliphatic carbocycles. The highest BCUT2D eigenvalue weighted by Crippen LogP contribution is 2.47. The van der Waals surface area contributed by atoms with Gasteiger partial charge in [-0.05, 0) is 20.3 Å². The summed E-state index contributed by atoms with van der Waals surface area (Å²) in [7, 11) is 0. The summed E-state index contributed by atoms with van der Waals surface area (Å²) in [5.74, 6) is 0.115. The highest BCUT2D eigenvalue weighted by Gasteiger charge is 2.53. The Hall–Kier alpha value is -1.94. The summed E-state index contributed by atoms with van der Waals surface area (Å²) in [6.07, 6.45) is 1.23. The Balaban J connectivity index is 1.48. The lowest BCUT2D eigenvalue weighted by Gasteiger charge is -2.29. The van der Waals surface area contributed by atoms with Gasteiger partial charge in [-0.1, -0.05) is 11.3 Å². The maximum absolute atomic E-state index is 12.4. The second kappa shape index (κ2) is 5.80. The van der Waals surface area contributed by atoms with E-state index in [-0.39, 0.29) is 22.9 Å². The fourth-order valence-electron chi connectivity index (χ4n) is 3.24. The molecule has 132 valence electrons. The topological polar surface area (TPSA) is 93.9 Å². The van der Waals surface area contributed by atoms with E-state index >= 15 is 0 Å². The lowest BCUT2D eigenvalue weighted by molar-refractivity contribution is -0.154. The molecule has 8 nitrogen and oxygen atoms in total. The van der Waals surface area contributed by atoms with E-state index in [1.165, 1.54) is 21.9 Å². The van der Waals surface area contributed by atoms with Crippen LogP contribution in [-0.2, 0) is 20.9 Å². The Morgan fingerprint density at radius 1 is 1.48 bits per heavy atom. The van der Waals surface area contributed by atoms with Crippen molar-refractivity contribution in [3.8, 4) is 0 Å². The molecule has 2 aromatic rings. The van der Waals surface area contributed by atoms with Gasteiger partial charge < -0.3 is 9.64 Å². The van der Waals surface area contributed by atoms with Crippen LogP contribution in [0.5, 0.6) is 0 Å². The van der Waals surface area contributed by atoms with Crippen LogP contribution in [-0.4, -0.2) is 48.0 Å². The van der Waals surface area contributed by atoms with E-state index in [0.29, 0.717) is 27.8 Å². The summed E-state index contributed by atoms with van der Waals surface area (Å²) < 4.78 is 6.57. The summed E-state index contributed by atoms with van der Waals surface area (Å²) in [5, 5.41) is 4.63. The number of rotatable bonds is 3. The molecule has 4 rings (SSSR count). The molecule has 2 aliphatic heterocycles. The van der Waals surface area contributed by atoms with Crippen LogP contribution in [0.25, 0.3) is 4.96 Å². The van der Waals surface area contributed by atoms with Crippen LogP contribution in [0.2, 0.25) is 0 Å². The molecule has 1 amide bonds. The van der Waals surface area contributed by atoms with E-state index in [1.807, 2.05) is 6.92 Å². The van der Waals surface area contributed by atoms with Crippen LogP contribution in [0.15, 0.2) is 10.9 Å². The van der Waals surface area contributed by atoms with Gasteiger partial charge >= 0.3 is 5.97 Å². The Morgan fingerprint density at radius 3 is 3.08 bits per heavy atom. The number of carbonyl (C=O) groups excluding carboxylic acids is 2. The molecule has 2 fully saturated rings. The van der Waals surface area contributed by atoms with Crippen LogP contribution in [0.3, 0.4) is 0 Å². The normalized spacial score (nSPS) is 25.6. The fraction of sp³-hybridized carbons (Fsp3) is 0.533. The van der Waals surface area contributed by atoms with E-state index in [0.717, 1.165) is 6.42 Å². The van der Waals surface area contributed by atoms with Gasteiger partial charge in [-0.2, -0.15) is 9.61 Å². The summed E-state index contributed by atoms with van der Waals surface area (Å²) in [4.78, 5) is 42.5. The standard InChI is InChI=1S/C15H16N4O4S2/c1-8-5-12(21)19-14(16-8)25-10(17-19)6-23-13(22)9-7-24-15(2)4-3-11(20)18(9)15/h5,9H,3-4,6-7H2,1-2H3/t9-,15-/m0/s1. The maximum Gasteiger partial charge on any atom is 0.330 e. The van der Waals surface area contributed by atoms with Crippen molar-refractivity contribution in [2.24, 2.45) is 0 Å². The van der Waals surface area contributed by atoms with E-state index < -0.39 is 12.0 Å². The number of esters is 1. The highest BCUT2D eigenvalue weighted by atomic mass is 32.2. The summed E-state index contributed by atoms with van der Waals surface area (Å²) in [6, 6.07) is 0.848. The molecular weight excluding hydrogens is 364 g/mol. The smallest absolute Gasteiger partial charge is 0.330 e. The number of amides is 1. The van der Waals surface area contributed by atoms with Crippen molar-refractivity contribution in [2.45, 2.75) is 44.2 Å². The molecule has 0 radical (unpaired) electrons. The number of hydrogen-bond acceptors (Lipinski definition) is 8. The number of carbonyl (C=O) groups is 2. The largest absolute Gasteiger partial charge is 0.457 e. The Bertz CT molecular complexity index is 939. The summed E-state index contributed by atoms with van der Waals surface area (Å²) in [5.41, 5.74) is 0.356. The quantitative estimate of drug-likeness (QED) is 0.732. The van der Waals surface area contributed by atoms with Gasteiger partial charge in [0.05, 0.1) is 4.87 Å². The maximum atomic E-state index is 12.4. The van der Waals surface area contributed by atoms with Crippen molar-refractivity contribution in [3.63, 3.8) is 0 Å². The van der Waals surface area contributed by atoms with Crippen LogP contribution < -0.4 is 5.56 Å². The first-order chi connectivity index (χ1) is 11.9. The monoisotopic (exact) mass is 380 g/mol. The van der Waals surface area contributed by atoms with Gasteiger partial charge in [0.1, 0.15) is 12.6 Å². The highest BCUT2D eigenvalue weighted by molar-refractivity contribution is 8.01. The van der Waals surface area contributed by atoms with Crippen molar-refractivity contribution in [3.05, 3.63) is 27.1 Å². The van der Waals surface area contributed by atoms with Crippen molar-refractivity contribution in [1.29, 1.82) is 0 Å². The molecule has 25 heavy (non-hydrogen) atoms. The first kappa shape index (κ1) is 16.5. The number of ether oxygens (including phenoxy) is 1. The predicted octanol–water partition coefficient (Wildman–Crippen LogP) is 0.957. The molecule has 0 saturated carbocycles. The van der Waals surface area contributed by atoms with Crippen LogP contribution >= 0.6 is 23.1 Å². The average Bonchev–Trinajstić information content (AvgIpc) is 3.19. The molecule has 0 spiro atoms. The van der Waals surface area contributed by atoms with Crippen LogP contribution in [0.1, 0.15) is 30.5 Å². The van der Waals surface area contributed by atoms with E-state index in [9.17, 15) is 14.4 Å². The van der Waals surface area contributed by atoms with E-state index in [4.69, 9.17) is 4.74 Å². The molecule has 0 bridgehead atoms. The third kappa shape index (κ3) is 2.73. The minimum absolute atomic E-state index is 0.000615. The lowest BCUT2D eigenvalue weighted by Crippen LogP contribution is -2.46. The van der Waals surface area contributed by atoms with Crippen molar-refractivity contribution >= 4 is 39.9 Å². The van der Waals surface area contributed by atoms with E-state index in [2.05, 4.69) is 10.1 Å². The van der Waals surface area contributed by atoms with Crippen molar-refractivity contribution < 1.29 is 14.3 Å². The third-order valence-corrected chi connectivity index (χ3v) is 6.86. The van der Waals surface area contributed by atoms with Gasteiger partial charge in [0, 0.05) is 23.9 Å². The van der Waals surface area contributed by atoms with Gasteiger partial charge in [-0.3, -0.25) is 9.59 Å². The van der Waals surface area contributed by atoms with Crippen LogP contribution in [0.4, 0.5) is 0 Å². The number of fused-ring (bicyclic) bond motifs is 2. The van der Waals surface area contributed by atoms with Gasteiger partial charge in [0.25, 0.3) is 5.56 Å². The first-order valence-electron chi connectivity index (χ1n) is 7.86. The Kier molecular flexibility index (Phi) is 3.84. The zero-order valence-corrected chi connectivity index (χ0v) is 15.4. The number of aromatic nitrogens is 3. The molecular formula is C15H16N4O4S2. The predicted molar refractivity (Wildman–Crippen MR) is 92.4 cm³/mol. The SMILES string of the molecule is Cc1cc(=O)n2nc(COC(=O)[C@@H]3CS[C@@]4(C)CCC(=O)N34)sc2n1. The van der Waals surface area contributed by atoms with Crippen LogP contribution in [0, 0.1) is 6.92 Å². The molecule has 2 atom stereocenters. The molecule has 10 heteroatoms. The zero-order valence-electron chi connectivity index (χ0n) is 13.7. The van der Waals surface area contributed by atoms with Crippen molar-refractivity contribution in [2.75, 3.05) is 5.75 Å². The van der Waals surface area contributed by atoms with Gasteiger partial charge in [0.15, 0.2) is 5.01 Å². The third-order valence-electron chi connectivity index (χ3n) is 4.47. The number of aryl methyl sites for hydroxylation is 1. The van der Waals surface area contributed by atoms with Gasteiger partial charge in [0.2, 0.25) is 10.9 Å². The summed E-state index contributed by atoms with van der Waals surface area (Å²) in [6.45, 7) is 3.69. The minimum atomic E-state index is -0.553.